The van der Waals surface area contributed by atoms with Gasteiger partial charge in [-0.2, -0.15) is 0 Å². The highest BCUT2D eigenvalue weighted by molar-refractivity contribution is 7.89. The summed E-state index contributed by atoms with van der Waals surface area (Å²) in [6.07, 6.45) is 1.96. The molecule has 19 heavy (non-hydrogen) atoms. The molecular formula is C13H14FNO3S. The van der Waals surface area contributed by atoms with Crippen molar-refractivity contribution >= 4 is 10.0 Å². The maximum absolute atomic E-state index is 13.0. The molecule has 0 unspecified atom stereocenters. The summed E-state index contributed by atoms with van der Waals surface area (Å²) in [6, 6.07) is 8.06. The minimum Gasteiger partial charge on any atom is -0.469 e. The van der Waals surface area contributed by atoms with E-state index < -0.39 is 15.8 Å². The van der Waals surface area contributed by atoms with E-state index in [-0.39, 0.29) is 10.9 Å². The molecule has 1 aromatic carbocycles. The van der Waals surface area contributed by atoms with Gasteiger partial charge in [0.1, 0.15) is 11.6 Å². The second kappa shape index (κ2) is 5.54. The Labute approximate surface area is 111 Å². The third kappa shape index (κ3) is 3.65. The van der Waals surface area contributed by atoms with Gasteiger partial charge in [-0.1, -0.05) is 6.07 Å². The van der Waals surface area contributed by atoms with Crippen molar-refractivity contribution in [1.29, 1.82) is 0 Å². The van der Waals surface area contributed by atoms with Crippen LogP contribution in [0.25, 0.3) is 0 Å². The molecule has 0 amide bonds. The van der Waals surface area contributed by atoms with Crippen molar-refractivity contribution in [3.05, 3.63) is 54.2 Å². The highest BCUT2D eigenvalue weighted by Crippen LogP contribution is 2.12. The zero-order chi connectivity index (χ0) is 13.9. The molecule has 2 aromatic rings. The predicted molar refractivity (Wildman–Crippen MR) is 68.6 cm³/mol. The van der Waals surface area contributed by atoms with E-state index in [1.807, 2.05) is 0 Å². The van der Waals surface area contributed by atoms with Crippen LogP contribution in [0.1, 0.15) is 12.7 Å². The zero-order valence-corrected chi connectivity index (χ0v) is 11.2. The maximum atomic E-state index is 13.0. The van der Waals surface area contributed by atoms with E-state index in [9.17, 15) is 12.8 Å². The van der Waals surface area contributed by atoms with Crippen molar-refractivity contribution in [3.8, 4) is 0 Å². The standard InChI is InChI=1S/C13H14FNO3S/c1-10(8-12-5-3-7-18-12)15-19(16,17)13-6-2-4-11(14)9-13/h2-7,9-10,15H,8H2,1H3/t10-/m1/s1. The SMILES string of the molecule is C[C@H](Cc1ccco1)NS(=O)(=O)c1cccc(F)c1. The molecular weight excluding hydrogens is 269 g/mol. The average Bonchev–Trinajstić information content (AvgIpc) is 2.81. The Balaban J connectivity index is 2.09. The van der Waals surface area contributed by atoms with E-state index in [1.54, 1.807) is 19.1 Å². The zero-order valence-electron chi connectivity index (χ0n) is 10.3. The lowest BCUT2D eigenvalue weighted by Gasteiger charge is -2.13. The number of furan rings is 1. The topological polar surface area (TPSA) is 59.3 Å². The van der Waals surface area contributed by atoms with Gasteiger partial charge < -0.3 is 4.42 Å². The first-order chi connectivity index (χ1) is 8.97. The second-order valence-corrected chi connectivity index (χ2v) is 5.98. The highest BCUT2D eigenvalue weighted by atomic mass is 32.2. The largest absolute Gasteiger partial charge is 0.469 e. The minimum absolute atomic E-state index is 0.0844. The normalized spacial score (nSPS) is 13.4. The Morgan fingerprint density at radius 1 is 1.32 bits per heavy atom. The van der Waals surface area contributed by atoms with Crippen molar-refractivity contribution in [2.75, 3.05) is 0 Å². The lowest BCUT2D eigenvalue weighted by atomic mass is 10.2. The van der Waals surface area contributed by atoms with Crippen molar-refractivity contribution in [2.24, 2.45) is 0 Å². The summed E-state index contributed by atoms with van der Waals surface area (Å²) in [6.45, 7) is 1.72. The smallest absolute Gasteiger partial charge is 0.240 e. The molecule has 1 N–H and O–H groups in total. The molecule has 0 spiro atoms. The van der Waals surface area contributed by atoms with Gasteiger partial charge in [0.15, 0.2) is 0 Å². The molecule has 0 saturated carbocycles. The van der Waals surface area contributed by atoms with Gasteiger partial charge in [0.2, 0.25) is 10.0 Å². The summed E-state index contributed by atoms with van der Waals surface area (Å²) in [5.74, 6) is 0.107. The third-order valence-electron chi connectivity index (χ3n) is 2.55. The summed E-state index contributed by atoms with van der Waals surface area (Å²) in [4.78, 5) is -0.0844. The number of sulfonamides is 1. The van der Waals surface area contributed by atoms with Gasteiger partial charge in [0.25, 0.3) is 0 Å². The lowest BCUT2D eigenvalue weighted by Crippen LogP contribution is -2.34. The lowest BCUT2D eigenvalue weighted by molar-refractivity contribution is 0.479. The van der Waals surface area contributed by atoms with Crippen LogP contribution < -0.4 is 4.72 Å². The molecule has 1 heterocycles. The summed E-state index contributed by atoms with van der Waals surface area (Å²) >= 11 is 0. The van der Waals surface area contributed by atoms with E-state index in [4.69, 9.17) is 4.42 Å². The molecule has 0 bridgehead atoms. The molecule has 6 heteroatoms. The van der Waals surface area contributed by atoms with E-state index in [0.29, 0.717) is 12.2 Å². The minimum atomic E-state index is -3.72. The molecule has 1 atom stereocenters. The number of hydrogen-bond acceptors (Lipinski definition) is 3. The molecule has 0 aliphatic heterocycles. The van der Waals surface area contributed by atoms with Gasteiger partial charge in [-0.25, -0.2) is 17.5 Å². The summed E-state index contributed by atoms with van der Waals surface area (Å²) in [5, 5.41) is 0. The molecule has 1 aromatic heterocycles. The first-order valence-corrected chi connectivity index (χ1v) is 7.26. The summed E-state index contributed by atoms with van der Waals surface area (Å²) in [7, 11) is -3.72. The highest BCUT2D eigenvalue weighted by Gasteiger charge is 2.18. The molecule has 102 valence electrons. The fourth-order valence-electron chi connectivity index (χ4n) is 1.74. The Morgan fingerprint density at radius 2 is 2.11 bits per heavy atom. The van der Waals surface area contributed by atoms with Crippen molar-refractivity contribution in [1.82, 2.24) is 4.72 Å². The molecule has 4 nitrogen and oxygen atoms in total. The maximum Gasteiger partial charge on any atom is 0.240 e. The van der Waals surface area contributed by atoms with Gasteiger partial charge in [-0.15, -0.1) is 0 Å². The number of hydrogen-bond donors (Lipinski definition) is 1. The molecule has 0 fully saturated rings. The number of halogens is 1. The monoisotopic (exact) mass is 283 g/mol. The summed E-state index contributed by atoms with van der Waals surface area (Å²) < 4.78 is 44.7. The Hall–Kier alpha value is -1.66. The number of benzene rings is 1. The number of rotatable bonds is 5. The van der Waals surface area contributed by atoms with Gasteiger partial charge in [0.05, 0.1) is 11.2 Å². The molecule has 0 saturated heterocycles. The van der Waals surface area contributed by atoms with Gasteiger partial charge >= 0.3 is 0 Å². The van der Waals surface area contributed by atoms with Crippen LogP contribution in [-0.2, 0) is 16.4 Å². The van der Waals surface area contributed by atoms with Crippen LogP contribution in [-0.4, -0.2) is 14.5 Å². The van der Waals surface area contributed by atoms with Crippen molar-refractivity contribution in [3.63, 3.8) is 0 Å². The van der Waals surface area contributed by atoms with Crippen LogP contribution in [0, 0.1) is 5.82 Å². The van der Waals surface area contributed by atoms with Crippen molar-refractivity contribution < 1.29 is 17.2 Å². The predicted octanol–water partition coefficient (Wildman–Crippen LogP) is 2.33. The van der Waals surface area contributed by atoms with Gasteiger partial charge in [-0.3, -0.25) is 0 Å². The van der Waals surface area contributed by atoms with Gasteiger partial charge in [0, 0.05) is 12.5 Å². The van der Waals surface area contributed by atoms with Crippen LogP contribution in [0.15, 0.2) is 52.0 Å². The van der Waals surface area contributed by atoms with Gasteiger partial charge in [-0.05, 0) is 37.3 Å². The molecule has 0 aliphatic carbocycles. The van der Waals surface area contributed by atoms with Crippen LogP contribution in [0.4, 0.5) is 4.39 Å². The Bertz CT molecular complexity index is 638. The van der Waals surface area contributed by atoms with E-state index in [0.717, 1.165) is 6.07 Å². The van der Waals surface area contributed by atoms with Crippen molar-refractivity contribution in [2.45, 2.75) is 24.3 Å². The first-order valence-electron chi connectivity index (χ1n) is 5.77. The van der Waals surface area contributed by atoms with Crippen LogP contribution in [0.2, 0.25) is 0 Å². The molecule has 0 aliphatic rings. The quantitative estimate of drug-likeness (QED) is 0.916. The first kappa shape index (κ1) is 13.8. The summed E-state index contributed by atoms with van der Waals surface area (Å²) in [5.41, 5.74) is 0. The van der Waals surface area contributed by atoms with Crippen LogP contribution in [0.5, 0.6) is 0 Å². The van der Waals surface area contributed by atoms with E-state index in [1.165, 1.54) is 24.5 Å². The Kier molecular flexibility index (Phi) is 4.01. The second-order valence-electron chi connectivity index (χ2n) is 4.26. The third-order valence-corrected chi connectivity index (χ3v) is 4.14. The van der Waals surface area contributed by atoms with E-state index >= 15 is 0 Å². The average molecular weight is 283 g/mol. The molecule has 2 rings (SSSR count). The fraction of sp³-hybridized carbons (Fsp3) is 0.231. The molecule has 0 radical (unpaired) electrons. The Morgan fingerprint density at radius 3 is 2.74 bits per heavy atom. The van der Waals surface area contributed by atoms with Crippen LogP contribution in [0.3, 0.4) is 0 Å². The van der Waals surface area contributed by atoms with Crippen LogP contribution >= 0.6 is 0 Å². The fourth-order valence-corrected chi connectivity index (χ4v) is 3.01. The number of nitrogens with one attached hydrogen (secondary N) is 1. The van der Waals surface area contributed by atoms with E-state index in [2.05, 4.69) is 4.72 Å².